The second kappa shape index (κ2) is 7.91. The van der Waals surface area contributed by atoms with Gasteiger partial charge < -0.3 is 9.84 Å². The molecule has 0 heterocycles. The van der Waals surface area contributed by atoms with Crippen molar-refractivity contribution in [2.24, 2.45) is 0 Å². The van der Waals surface area contributed by atoms with Crippen molar-refractivity contribution in [1.29, 1.82) is 0 Å². The summed E-state index contributed by atoms with van der Waals surface area (Å²) >= 11 is 0. The average Bonchev–Trinajstić information content (AvgIpc) is 2.61. The van der Waals surface area contributed by atoms with Crippen LogP contribution < -0.4 is 4.90 Å². The second-order valence-electron chi connectivity index (χ2n) is 5.05. The van der Waals surface area contributed by atoms with Gasteiger partial charge in [0.15, 0.2) is 0 Å². The fourth-order valence-electron chi connectivity index (χ4n) is 2.23. The van der Waals surface area contributed by atoms with Crippen LogP contribution in [0, 0.1) is 10.1 Å². The van der Waals surface area contributed by atoms with Gasteiger partial charge in [-0.15, -0.1) is 0 Å². The van der Waals surface area contributed by atoms with Gasteiger partial charge in [-0.05, 0) is 24.6 Å². The average molecular weight is 344 g/mol. The van der Waals surface area contributed by atoms with Crippen LogP contribution >= 0.6 is 0 Å². The van der Waals surface area contributed by atoms with Crippen molar-refractivity contribution in [3.8, 4) is 0 Å². The van der Waals surface area contributed by atoms with E-state index in [-0.39, 0.29) is 24.4 Å². The lowest BCUT2D eigenvalue weighted by molar-refractivity contribution is -0.384. The van der Waals surface area contributed by atoms with E-state index in [2.05, 4.69) is 0 Å². The van der Waals surface area contributed by atoms with Crippen molar-refractivity contribution in [2.75, 3.05) is 11.4 Å². The topological polar surface area (TPSA) is 110 Å². The van der Waals surface area contributed by atoms with E-state index in [0.717, 1.165) is 16.5 Å². The predicted molar refractivity (Wildman–Crippen MR) is 89.7 cm³/mol. The third-order valence-corrected chi connectivity index (χ3v) is 3.45. The zero-order valence-electron chi connectivity index (χ0n) is 13.4. The van der Waals surface area contributed by atoms with Crippen LogP contribution in [0.2, 0.25) is 0 Å². The molecule has 8 nitrogen and oxygen atoms in total. The summed E-state index contributed by atoms with van der Waals surface area (Å²) in [6.45, 7) is 1.79. The molecule has 2 rings (SSSR count). The number of anilines is 1. The molecule has 0 spiro atoms. The number of benzene rings is 2. The molecule has 0 saturated heterocycles. The number of carbonyl (C=O) groups is 2. The lowest BCUT2D eigenvalue weighted by Gasteiger charge is -2.20. The molecule has 0 atom stereocenters. The lowest BCUT2D eigenvalue weighted by atomic mass is 10.1. The van der Waals surface area contributed by atoms with Gasteiger partial charge in [0.1, 0.15) is 12.3 Å². The van der Waals surface area contributed by atoms with E-state index in [4.69, 9.17) is 9.84 Å². The predicted octanol–water partition coefficient (Wildman–Crippen LogP) is 3.46. The van der Waals surface area contributed by atoms with Gasteiger partial charge in [-0.1, -0.05) is 30.3 Å². The summed E-state index contributed by atoms with van der Waals surface area (Å²) in [6.07, 6.45) is -0.752. The van der Waals surface area contributed by atoms with Crippen LogP contribution in [0.25, 0.3) is 0 Å². The summed E-state index contributed by atoms with van der Waals surface area (Å²) in [7, 11) is 0. The highest BCUT2D eigenvalue weighted by Gasteiger charge is 2.26. The normalized spacial score (nSPS) is 10.1. The summed E-state index contributed by atoms with van der Waals surface area (Å²) in [5, 5.41) is 20.2. The third kappa shape index (κ3) is 4.31. The Hall–Kier alpha value is -3.42. The highest BCUT2D eigenvalue weighted by Crippen LogP contribution is 2.30. The van der Waals surface area contributed by atoms with Crippen molar-refractivity contribution in [1.82, 2.24) is 0 Å². The smallest absolute Gasteiger partial charge is 0.414 e. The Morgan fingerprint density at radius 1 is 1.20 bits per heavy atom. The van der Waals surface area contributed by atoms with Gasteiger partial charge in [-0.25, -0.2) is 9.59 Å². The molecule has 0 aliphatic rings. The highest BCUT2D eigenvalue weighted by atomic mass is 16.6. The Kier molecular flexibility index (Phi) is 5.67. The van der Waals surface area contributed by atoms with Crippen molar-refractivity contribution in [3.05, 3.63) is 69.8 Å². The van der Waals surface area contributed by atoms with Crippen molar-refractivity contribution in [3.63, 3.8) is 0 Å². The van der Waals surface area contributed by atoms with E-state index in [1.165, 1.54) is 12.1 Å². The van der Waals surface area contributed by atoms with Crippen LogP contribution in [0.5, 0.6) is 0 Å². The quantitative estimate of drug-likeness (QED) is 0.635. The Bertz CT molecular complexity index is 791. The van der Waals surface area contributed by atoms with Crippen LogP contribution in [0.4, 0.5) is 16.2 Å². The molecule has 0 aromatic heterocycles. The zero-order valence-corrected chi connectivity index (χ0v) is 13.4. The van der Waals surface area contributed by atoms with Gasteiger partial charge in [0, 0.05) is 12.6 Å². The first-order valence-electron chi connectivity index (χ1n) is 7.44. The lowest BCUT2D eigenvalue weighted by Crippen LogP contribution is -2.31. The van der Waals surface area contributed by atoms with Gasteiger partial charge >= 0.3 is 12.1 Å². The molecule has 1 amide bonds. The van der Waals surface area contributed by atoms with Crippen LogP contribution in [0.15, 0.2) is 48.5 Å². The number of nitro groups is 1. The summed E-state index contributed by atoms with van der Waals surface area (Å²) in [5.74, 6) is -1.29. The monoisotopic (exact) mass is 344 g/mol. The number of ether oxygens (including phenoxy) is 1. The van der Waals surface area contributed by atoms with Crippen molar-refractivity contribution >= 4 is 23.4 Å². The molecular weight excluding hydrogens is 328 g/mol. The van der Waals surface area contributed by atoms with Crippen molar-refractivity contribution in [2.45, 2.75) is 13.5 Å². The largest absolute Gasteiger partial charge is 0.478 e. The molecule has 25 heavy (non-hydrogen) atoms. The molecule has 0 aliphatic carbocycles. The van der Waals surface area contributed by atoms with Crippen LogP contribution in [-0.4, -0.2) is 28.6 Å². The van der Waals surface area contributed by atoms with Gasteiger partial charge in [0.2, 0.25) is 0 Å². The van der Waals surface area contributed by atoms with Gasteiger partial charge in [-0.3, -0.25) is 15.0 Å². The van der Waals surface area contributed by atoms with E-state index in [1.54, 1.807) is 31.2 Å². The Morgan fingerprint density at radius 3 is 2.44 bits per heavy atom. The number of carboxylic acids is 1. The first-order valence-corrected chi connectivity index (χ1v) is 7.44. The Balaban J connectivity index is 2.25. The molecule has 0 bridgehead atoms. The Labute approximate surface area is 143 Å². The number of carboxylic acid groups (broad SMARTS) is 1. The van der Waals surface area contributed by atoms with E-state index < -0.39 is 22.7 Å². The van der Waals surface area contributed by atoms with Crippen LogP contribution in [0.3, 0.4) is 0 Å². The molecule has 2 aromatic rings. The second-order valence-corrected chi connectivity index (χ2v) is 5.05. The summed E-state index contributed by atoms with van der Waals surface area (Å²) in [5.41, 5.74) is 0.0563. The molecule has 0 fully saturated rings. The zero-order chi connectivity index (χ0) is 18.4. The number of nitro benzene ring substituents is 1. The number of hydrogen-bond donors (Lipinski definition) is 1. The summed E-state index contributed by atoms with van der Waals surface area (Å²) in [6, 6.07) is 12.4. The van der Waals surface area contributed by atoms with Crippen LogP contribution in [0.1, 0.15) is 22.8 Å². The molecule has 130 valence electrons. The fraction of sp³-hybridized carbons (Fsp3) is 0.176. The van der Waals surface area contributed by atoms with E-state index >= 15 is 0 Å². The molecule has 0 aliphatic heterocycles. The Morgan fingerprint density at radius 2 is 1.88 bits per heavy atom. The first-order chi connectivity index (χ1) is 11.9. The first kappa shape index (κ1) is 17.9. The SMILES string of the molecule is CCN(C(=O)OCc1ccccc1)c1ccc(C(=O)O)cc1[N+](=O)[O-]. The molecule has 2 aromatic carbocycles. The number of hydrogen-bond acceptors (Lipinski definition) is 5. The fourth-order valence-corrected chi connectivity index (χ4v) is 2.23. The molecular formula is C17H16N2O6. The summed E-state index contributed by atoms with van der Waals surface area (Å²) in [4.78, 5) is 34.9. The maximum absolute atomic E-state index is 12.3. The van der Waals surface area contributed by atoms with E-state index in [1.807, 2.05) is 6.07 Å². The molecule has 0 radical (unpaired) electrons. The number of amides is 1. The minimum Gasteiger partial charge on any atom is -0.478 e. The minimum absolute atomic E-state index is 0.0180. The number of nitrogens with zero attached hydrogens (tertiary/aromatic N) is 2. The van der Waals surface area contributed by atoms with Gasteiger partial charge in [0.25, 0.3) is 5.69 Å². The highest BCUT2D eigenvalue weighted by molar-refractivity contribution is 5.94. The minimum atomic E-state index is -1.29. The molecule has 1 N–H and O–H groups in total. The molecule has 0 unspecified atom stereocenters. The maximum Gasteiger partial charge on any atom is 0.414 e. The molecule has 8 heteroatoms. The van der Waals surface area contributed by atoms with E-state index in [9.17, 15) is 19.7 Å². The number of rotatable bonds is 6. The number of carbonyl (C=O) groups excluding carboxylic acids is 1. The van der Waals surface area contributed by atoms with Gasteiger partial charge in [0.05, 0.1) is 10.5 Å². The molecule has 0 saturated carbocycles. The summed E-state index contributed by atoms with van der Waals surface area (Å²) < 4.78 is 5.20. The van der Waals surface area contributed by atoms with Crippen LogP contribution in [-0.2, 0) is 11.3 Å². The maximum atomic E-state index is 12.3. The van der Waals surface area contributed by atoms with Crippen molar-refractivity contribution < 1.29 is 24.4 Å². The standard InChI is InChI=1S/C17H16N2O6/c1-2-18(17(22)25-11-12-6-4-3-5-7-12)14-9-8-13(16(20)21)10-15(14)19(23)24/h3-10H,2,11H2,1H3,(H,20,21). The van der Waals surface area contributed by atoms with E-state index in [0.29, 0.717) is 0 Å². The number of aromatic carboxylic acids is 1. The van der Waals surface area contributed by atoms with Gasteiger partial charge in [-0.2, -0.15) is 0 Å². The third-order valence-electron chi connectivity index (χ3n) is 3.45.